The molecule has 0 spiro atoms. The zero-order valence-corrected chi connectivity index (χ0v) is 10.8. The van der Waals surface area contributed by atoms with Crippen molar-refractivity contribution >= 4 is 5.91 Å². The second kappa shape index (κ2) is 5.57. The van der Waals surface area contributed by atoms with Crippen molar-refractivity contribution in [3.8, 4) is 5.75 Å². The van der Waals surface area contributed by atoms with E-state index in [9.17, 15) is 19.4 Å². The molecule has 1 aliphatic rings. The van der Waals surface area contributed by atoms with E-state index in [0.29, 0.717) is 12.8 Å². The van der Waals surface area contributed by atoms with Crippen molar-refractivity contribution in [2.45, 2.75) is 38.3 Å². The molecular weight excluding hydrogens is 249 g/mol. The number of hydrogen-bond acceptors (Lipinski definition) is 3. The molecule has 0 radical (unpaired) electrons. The number of rotatable bonds is 4. The third kappa shape index (κ3) is 3.04. The standard InChI is InChI=1S/C14H18FNO3/c1-2-12(9-5-10(17)6-9)16-14(19)8-3-4-11(15)13(18)7-8/h3-4,7,9-10,12,17-18H,2,5-6H2,1H3,(H,16,19). The van der Waals surface area contributed by atoms with E-state index in [1.54, 1.807) is 0 Å². The summed E-state index contributed by atoms with van der Waals surface area (Å²) in [6.45, 7) is 1.97. The van der Waals surface area contributed by atoms with Crippen LogP contribution >= 0.6 is 0 Å². The zero-order chi connectivity index (χ0) is 14.0. The van der Waals surface area contributed by atoms with Crippen LogP contribution in [-0.2, 0) is 0 Å². The zero-order valence-electron chi connectivity index (χ0n) is 10.8. The SMILES string of the molecule is CCC(NC(=O)c1ccc(F)c(O)c1)C1CC(O)C1. The molecule has 0 bridgehead atoms. The van der Waals surface area contributed by atoms with Gasteiger partial charge in [-0.1, -0.05) is 6.92 Å². The van der Waals surface area contributed by atoms with Crippen molar-refractivity contribution in [3.63, 3.8) is 0 Å². The number of nitrogens with one attached hydrogen (secondary N) is 1. The van der Waals surface area contributed by atoms with Gasteiger partial charge in [0.2, 0.25) is 0 Å². The van der Waals surface area contributed by atoms with Crippen LogP contribution in [0.1, 0.15) is 36.5 Å². The van der Waals surface area contributed by atoms with Gasteiger partial charge in [0.1, 0.15) is 0 Å². The molecule has 5 heteroatoms. The van der Waals surface area contributed by atoms with Gasteiger partial charge < -0.3 is 15.5 Å². The molecule has 1 aromatic carbocycles. The summed E-state index contributed by atoms with van der Waals surface area (Å²) in [5, 5.41) is 21.4. The number of carbonyl (C=O) groups excluding carboxylic acids is 1. The third-order valence-electron chi connectivity index (χ3n) is 3.68. The van der Waals surface area contributed by atoms with E-state index in [4.69, 9.17) is 0 Å². The molecule has 4 nitrogen and oxygen atoms in total. The second-order valence-electron chi connectivity index (χ2n) is 5.04. The average Bonchev–Trinajstić information content (AvgIpc) is 2.35. The van der Waals surface area contributed by atoms with Crippen molar-refractivity contribution in [2.24, 2.45) is 5.92 Å². The molecule has 1 saturated carbocycles. The van der Waals surface area contributed by atoms with Gasteiger partial charge in [0.05, 0.1) is 6.10 Å². The lowest BCUT2D eigenvalue weighted by Crippen LogP contribution is -2.46. The molecule has 0 heterocycles. The van der Waals surface area contributed by atoms with E-state index in [1.165, 1.54) is 6.07 Å². The second-order valence-corrected chi connectivity index (χ2v) is 5.04. The summed E-state index contributed by atoms with van der Waals surface area (Å²) < 4.78 is 12.9. The Morgan fingerprint density at radius 2 is 2.21 bits per heavy atom. The van der Waals surface area contributed by atoms with Gasteiger partial charge in [0.25, 0.3) is 5.91 Å². The van der Waals surface area contributed by atoms with Gasteiger partial charge in [0, 0.05) is 11.6 Å². The Morgan fingerprint density at radius 1 is 1.53 bits per heavy atom. The minimum atomic E-state index is -0.745. The fraction of sp³-hybridized carbons (Fsp3) is 0.500. The highest BCUT2D eigenvalue weighted by atomic mass is 19.1. The fourth-order valence-corrected chi connectivity index (χ4v) is 2.42. The number of amides is 1. The Labute approximate surface area is 111 Å². The van der Waals surface area contributed by atoms with Crippen LogP contribution in [0, 0.1) is 11.7 Å². The molecular formula is C14H18FNO3. The maximum atomic E-state index is 12.9. The van der Waals surface area contributed by atoms with Crippen LogP contribution in [0.3, 0.4) is 0 Å². The van der Waals surface area contributed by atoms with Gasteiger partial charge in [-0.25, -0.2) is 4.39 Å². The first-order chi connectivity index (χ1) is 9.01. The van der Waals surface area contributed by atoms with Crippen LogP contribution in [0.2, 0.25) is 0 Å². The molecule has 1 atom stereocenters. The molecule has 0 aliphatic heterocycles. The number of aliphatic hydroxyl groups excluding tert-OH is 1. The number of aromatic hydroxyl groups is 1. The lowest BCUT2D eigenvalue weighted by atomic mass is 9.76. The smallest absolute Gasteiger partial charge is 0.251 e. The monoisotopic (exact) mass is 267 g/mol. The highest BCUT2D eigenvalue weighted by Gasteiger charge is 2.33. The summed E-state index contributed by atoms with van der Waals surface area (Å²) in [7, 11) is 0. The minimum Gasteiger partial charge on any atom is -0.505 e. The van der Waals surface area contributed by atoms with Crippen molar-refractivity contribution in [2.75, 3.05) is 0 Å². The Bertz CT molecular complexity index is 472. The predicted octanol–water partition coefficient (Wildman–Crippen LogP) is 1.81. The Morgan fingerprint density at radius 3 is 2.74 bits per heavy atom. The first kappa shape index (κ1) is 13.8. The van der Waals surface area contributed by atoms with E-state index in [2.05, 4.69) is 5.32 Å². The van der Waals surface area contributed by atoms with Crippen molar-refractivity contribution in [1.82, 2.24) is 5.32 Å². The molecule has 1 fully saturated rings. The van der Waals surface area contributed by atoms with E-state index < -0.39 is 11.6 Å². The highest BCUT2D eigenvalue weighted by molar-refractivity contribution is 5.94. The number of hydrogen-bond donors (Lipinski definition) is 3. The molecule has 0 saturated heterocycles. The molecule has 1 unspecified atom stereocenters. The van der Waals surface area contributed by atoms with Crippen LogP contribution in [-0.4, -0.2) is 28.3 Å². The number of benzene rings is 1. The first-order valence-corrected chi connectivity index (χ1v) is 6.48. The molecule has 0 aromatic heterocycles. The van der Waals surface area contributed by atoms with Gasteiger partial charge in [-0.05, 0) is 43.4 Å². The van der Waals surface area contributed by atoms with Crippen molar-refractivity contribution in [3.05, 3.63) is 29.6 Å². The van der Waals surface area contributed by atoms with Gasteiger partial charge in [-0.3, -0.25) is 4.79 Å². The molecule has 1 amide bonds. The topological polar surface area (TPSA) is 69.6 Å². The third-order valence-corrected chi connectivity index (χ3v) is 3.68. The molecule has 19 heavy (non-hydrogen) atoms. The van der Waals surface area contributed by atoms with Crippen LogP contribution in [0.5, 0.6) is 5.75 Å². The van der Waals surface area contributed by atoms with Gasteiger partial charge >= 0.3 is 0 Å². The largest absolute Gasteiger partial charge is 0.505 e. The lowest BCUT2D eigenvalue weighted by molar-refractivity contribution is 0.0232. The summed E-state index contributed by atoms with van der Waals surface area (Å²) >= 11 is 0. The summed E-state index contributed by atoms with van der Waals surface area (Å²) in [6, 6.07) is 3.53. The molecule has 1 aromatic rings. The van der Waals surface area contributed by atoms with E-state index in [1.807, 2.05) is 6.92 Å². The Hall–Kier alpha value is -1.62. The number of halogens is 1. The van der Waals surface area contributed by atoms with Crippen LogP contribution in [0.15, 0.2) is 18.2 Å². The fourth-order valence-electron chi connectivity index (χ4n) is 2.42. The van der Waals surface area contributed by atoms with Crippen LogP contribution < -0.4 is 5.32 Å². The quantitative estimate of drug-likeness (QED) is 0.779. The number of phenolic OH excluding ortho intramolecular Hbond substituents is 1. The number of aliphatic hydroxyl groups is 1. The summed E-state index contributed by atoms with van der Waals surface area (Å²) in [4.78, 5) is 12.0. The summed E-state index contributed by atoms with van der Waals surface area (Å²) in [5.74, 6) is -1.31. The normalized spacial score (nSPS) is 23.5. The Balaban J connectivity index is 2.00. The average molecular weight is 267 g/mol. The van der Waals surface area contributed by atoms with Gasteiger partial charge in [0.15, 0.2) is 11.6 Å². The number of carbonyl (C=O) groups is 1. The molecule has 1 aliphatic carbocycles. The molecule has 3 N–H and O–H groups in total. The predicted molar refractivity (Wildman–Crippen MR) is 68.3 cm³/mol. The highest BCUT2D eigenvalue weighted by Crippen LogP contribution is 2.31. The molecule has 2 rings (SSSR count). The van der Waals surface area contributed by atoms with Gasteiger partial charge in [-0.15, -0.1) is 0 Å². The summed E-state index contributed by atoms with van der Waals surface area (Å²) in [5.41, 5.74) is 0.234. The Kier molecular flexibility index (Phi) is 4.04. The minimum absolute atomic E-state index is 0.00287. The van der Waals surface area contributed by atoms with Crippen molar-refractivity contribution < 1.29 is 19.4 Å². The lowest BCUT2D eigenvalue weighted by Gasteiger charge is -2.37. The van der Waals surface area contributed by atoms with E-state index in [-0.39, 0.29) is 29.5 Å². The van der Waals surface area contributed by atoms with E-state index >= 15 is 0 Å². The summed E-state index contributed by atoms with van der Waals surface area (Å²) in [6.07, 6.45) is 1.92. The van der Waals surface area contributed by atoms with E-state index in [0.717, 1.165) is 18.6 Å². The van der Waals surface area contributed by atoms with Gasteiger partial charge in [-0.2, -0.15) is 0 Å². The van der Waals surface area contributed by atoms with Crippen LogP contribution in [0.4, 0.5) is 4.39 Å². The maximum absolute atomic E-state index is 12.9. The number of phenols is 1. The van der Waals surface area contributed by atoms with Crippen LogP contribution in [0.25, 0.3) is 0 Å². The van der Waals surface area contributed by atoms with Crippen molar-refractivity contribution in [1.29, 1.82) is 0 Å². The maximum Gasteiger partial charge on any atom is 0.251 e. The first-order valence-electron chi connectivity index (χ1n) is 6.48. The molecule has 104 valence electrons.